The molecule has 1 fully saturated rings. The summed E-state index contributed by atoms with van der Waals surface area (Å²) in [6.45, 7) is 2.34. The van der Waals surface area contributed by atoms with Gasteiger partial charge >= 0.3 is 0 Å². The largest absolute Gasteiger partial charge is 0.326 e. The van der Waals surface area contributed by atoms with Gasteiger partial charge in [-0.25, -0.2) is 8.42 Å². The molecule has 2 amide bonds. The minimum Gasteiger partial charge on any atom is -0.326 e. The first kappa shape index (κ1) is 21.3. The van der Waals surface area contributed by atoms with E-state index in [1.165, 1.54) is 23.4 Å². The molecule has 0 unspecified atom stereocenters. The van der Waals surface area contributed by atoms with Crippen molar-refractivity contribution in [1.29, 1.82) is 0 Å². The van der Waals surface area contributed by atoms with E-state index in [2.05, 4.69) is 10.6 Å². The van der Waals surface area contributed by atoms with Crippen molar-refractivity contribution in [2.45, 2.75) is 31.1 Å². The number of sulfonamides is 1. The van der Waals surface area contributed by atoms with Crippen LogP contribution in [0.4, 0.5) is 11.4 Å². The molecule has 0 saturated carbocycles. The quantitative estimate of drug-likeness (QED) is 0.748. The van der Waals surface area contributed by atoms with Gasteiger partial charge in [0, 0.05) is 37.0 Å². The molecule has 2 N–H and O–H groups in total. The Labute approximate surface area is 175 Å². The van der Waals surface area contributed by atoms with Gasteiger partial charge in [-0.3, -0.25) is 9.59 Å². The van der Waals surface area contributed by atoms with Crippen LogP contribution in [0.25, 0.3) is 0 Å². The fraction of sp³-hybridized carbons (Fsp3) is 0.300. The molecular weight excluding hydrogens is 414 g/mol. The summed E-state index contributed by atoms with van der Waals surface area (Å²) in [6.07, 6.45) is 2.65. The molecule has 2 aromatic carbocycles. The monoisotopic (exact) mass is 435 g/mol. The lowest BCUT2D eigenvalue weighted by Gasteiger charge is -2.26. The molecule has 1 aliphatic rings. The van der Waals surface area contributed by atoms with Crippen molar-refractivity contribution >= 4 is 44.8 Å². The molecule has 3 rings (SSSR count). The lowest BCUT2D eigenvalue weighted by Crippen LogP contribution is -2.35. The Morgan fingerprint density at radius 1 is 0.931 bits per heavy atom. The number of anilines is 2. The minimum atomic E-state index is -3.72. The van der Waals surface area contributed by atoms with E-state index in [-0.39, 0.29) is 15.8 Å². The van der Waals surface area contributed by atoms with E-state index < -0.39 is 15.9 Å². The van der Waals surface area contributed by atoms with Gasteiger partial charge in [-0.1, -0.05) is 18.0 Å². The summed E-state index contributed by atoms with van der Waals surface area (Å²) in [6, 6.07) is 10.8. The van der Waals surface area contributed by atoms with Crippen LogP contribution in [-0.4, -0.2) is 37.6 Å². The van der Waals surface area contributed by atoms with Gasteiger partial charge in [-0.15, -0.1) is 0 Å². The summed E-state index contributed by atoms with van der Waals surface area (Å²) in [5, 5.41) is 5.44. The second-order valence-corrected chi connectivity index (χ2v) is 9.14. The zero-order valence-corrected chi connectivity index (χ0v) is 17.5. The zero-order valence-electron chi connectivity index (χ0n) is 15.9. The van der Waals surface area contributed by atoms with E-state index in [0.29, 0.717) is 30.0 Å². The summed E-state index contributed by atoms with van der Waals surface area (Å²) >= 11 is 6.16. The number of nitrogens with one attached hydrogen (secondary N) is 2. The maximum absolute atomic E-state index is 12.9. The number of hydrogen-bond acceptors (Lipinski definition) is 4. The molecule has 0 spiro atoms. The van der Waals surface area contributed by atoms with Gasteiger partial charge in [0.25, 0.3) is 5.91 Å². The predicted molar refractivity (Wildman–Crippen MR) is 113 cm³/mol. The molecule has 0 bridgehead atoms. The van der Waals surface area contributed by atoms with Gasteiger partial charge in [0.2, 0.25) is 15.9 Å². The molecule has 29 heavy (non-hydrogen) atoms. The van der Waals surface area contributed by atoms with Crippen LogP contribution < -0.4 is 10.6 Å². The smallest absolute Gasteiger partial charge is 0.255 e. The molecule has 0 radical (unpaired) electrons. The van der Waals surface area contributed by atoms with Crippen LogP contribution in [0, 0.1) is 0 Å². The number of rotatable bonds is 5. The first-order valence-corrected chi connectivity index (χ1v) is 11.1. The van der Waals surface area contributed by atoms with Crippen molar-refractivity contribution in [2.75, 3.05) is 23.7 Å². The van der Waals surface area contributed by atoms with E-state index in [1.54, 1.807) is 30.3 Å². The van der Waals surface area contributed by atoms with E-state index in [4.69, 9.17) is 11.6 Å². The number of piperidine rings is 1. The van der Waals surface area contributed by atoms with E-state index in [0.717, 1.165) is 19.3 Å². The van der Waals surface area contributed by atoms with Crippen LogP contribution in [0.1, 0.15) is 36.5 Å². The predicted octanol–water partition coefficient (Wildman–Crippen LogP) is 3.73. The van der Waals surface area contributed by atoms with Crippen LogP contribution in [0.15, 0.2) is 47.4 Å². The van der Waals surface area contributed by atoms with E-state index in [9.17, 15) is 18.0 Å². The zero-order chi connectivity index (χ0) is 21.0. The summed E-state index contributed by atoms with van der Waals surface area (Å²) in [5.74, 6) is -0.603. The van der Waals surface area contributed by atoms with Crippen molar-refractivity contribution in [3.63, 3.8) is 0 Å². The number of hydrogen-bond donors (Lipinski definition) is 2. The Hall–Kier alpha value is -2.42. The van der Waals surface area contributed by atoms with Crippen molar-refractivity contribution in [1.82, 2.24) is 4.31 Å². The molecule has 1 saturated heterocycles. The van der Waals surface area contributed by atoms with Gasteiger partial charge in [0.15, 0.2) is 0 Å². The third-order valence-corrected chi connectivity index (χ3v) is 6.97. The molecule has 1 aliphatic heterocycles. The highest BCUT2D eigenvalue weighted by atomic mass is 35.5. The number of carbonyl (C=O) groups excluding carboxylic acids is 2. The number of halogens is 1. The Kier molecular flexibility index (Phi) is 6.56. The summed E-state index contributed by atoms with van der Waals surface area (Å²) in [7, 11) is -3.72. The van der Waals surface area contributed by atoms with Crippen LogP contribution in [-0.2, 0) is 14.8 Å². The average molecular weight is 436 g/mol. The first-order valence-electron chi connectivity index (χ1n) is 9.26. The highest BCUT2D eigenvalue weighted by molar-refractivity contribution is 7.89. The minimum absolute atomic E-state index is 0.0140. The lowest BCUT2D eigenvalue weighted by molar-refractivity contribution is -0.114. The number of nitrogens with zero attached hydrogens (tertiary/aromatic N) is 1. The molecule has 1 heterocycles. The van der Waals surface area contributed by atoms with Gasteiger partial charge in [-0.2, -0.15) is 4.31 Å². The standard InChI is InChI=1S/C20H22ClN3O4S/c1-14(25)22-16-7-5-15(6-8-16)20(26)23-17-9-10-18(21)19(13-17)29(27,28)24-11-3-2-4-12-24/h5-10,13H,2-4,11-12H2,1H3,(H,22,25)(H,23,26). The van der Waals surface area contributed by atoms with E-state index >= 15 is 0 Å². The number of carbonyl (C=O) groups is 2. The Bertz CT molecular complexity index is 1020. The van der Waals surface area contributed by atoms with Crippen LogP contribution in [0.5, 0.6) is 0 Å². The molecular formula is C20H22ClN3O4S. The summed E-state index contributed by atoms with van der Waals surface area (Å²) < 4.78 is 27.3. The Balaban J connectivity index is 1.79. The van der Waals surface area contributed by atoms with Crippen molar-refractivity contribution < 1.29 is 18.0 Å². The van der Waals surface area contributed by atoms with Gasteiger partial charge in [0.1, 0.15) is 4.90 Å². The SMILES string of the molecule is CC(=O)Nc1ccc(C(=O)Nc2ccc(Cl)c(S(=O)(=O)N3CCCCC3)c2)cc1. The van der Waals surface area contributed by atoms with Crippen LogP contribution >= 0.6 is 11.6 Å². The van der Waals surface area contributed by atoms with Crippen molar-refractivity contribution in [3.05, 3.63) is 53.1 Å². The highest BCUT2D eigenvalue weighted by Crippen LogP contribution is 2.29. The molecule has 0 aromatic heterocycles. The first-order chi connectivity index (χ1) is 13.8. The third-order valence-electron chi connectivity index (χ3n) is 4.59. The summed E-state index contributed by atoms with van der Waals surface area (Å²) in [5.41, 5.74) is 1.28. The van der Waals surface area contributed by atoms with Gasteiger partial charge < -0.3 is 10.6 Å². The molecule has 7 nitrogen and oxygen atoms in total. The van der Waals surface area contributed by atoms with Gasteiger partial charge in [-0.05, 0) is 55.3 Å². The van der Waals surface area contributed by atoms with E-state index in [1.807, 2.05) is 0 Å². The maximum atomic E-state index is 12.9. The van der Waals surface area contributed by atoms with Gasteiger partial charge in [0.05, 0.1) is 5.02 Å². The molecule has 154 valence electrons. The number of amides is 2. The summed E-state index contributed by atoms with van der Waals surface area (Å²) in [4.78, 5) is 23.6. The highest BCUT2D eigenvalue weighted by Gasteiger charge is 2.28. The van der Waals surface area contributed by atoms with Crippen LogP contribution in [0.3, 0.4) is 0 Å². The maximum Gasteiger partial charge on any atom is 0.255 e. The lowest BCUT2D eigenvalue weighted by atomic mass is 10.2. The second kappa shape index (κ2) is 8.94. The Morgan fingerprint density at radius 3 is 2.17 bits per heavy atom. The number of benzene rings is 2. The Morgan fingerprint density at radius 2 is 1.55 bits per heavy atom. The van der Waals surface area contributed by atoms with Crippen molar-refractivity contribution in [2.24, 2.45) is 0 Å². The average Bonchev–Trinajstić information content (AvgIpc) is 2.70. The molecule has 9 heteroatoms. The fourth-order valence-electron chi connectivity index (χ4n) is 3.13. The topological polar surface area (TPSA) is 95.6 Å². The van der Waals surface area contributed by atoms with Crippen LogP contribution in [0.2, 0.25) is 5.02 Å². The molecule has 0 atom stereocenters. The molecule has 2 aromatic rings. The van der Waals surface area contributed by atoms with Crippen molar-refractivity contribution in [3.8, 4) is 0 Å². The third kappa shape index (κ3) is 5.14. The fourth-order valence-corrected chi connectivity index (χ4v) is 5.15. The normalized spacial score (nSPS) is 15.0. The molecule has 0 aliphatic carbocycles. The second-order valence-electron chi connectivity index (χ2n) is 6.82.